The highest BCUT2D eigenvalue weighted by atomic mass is 16.5. The van der Waals surface area contributed by atoms with Crippen molar-refractivity contribution >= 4 is 6.03 Å². The van der Waals surface area contributed by atoms with Crippen molar-refractivity contribution in [2.24, 2.45) is 5.92 Å². The molecule has 1 aliphatic heterocycles. The second kappa shape index (κ2) is 9.15. The monoisotopic (exact) mass is 308 g/mol. The van der Waals surface area contributed by atoms with Gasteiger partial charge in [-0.2, -0.15) is 0 Å². The van der Waals surface area contributed by atoms with Gasteiger partial charge in [0.25, 0.3) is 0 Å². The number of methoxy groups -OCH3 is 1. The lowest BCUT2D eigenvalue weighted by Gasteiger charge is -2.22. The molecule has 0 atom stereocenters. The summed E-state index contributed by atoms with van der Waals surface area (Å²) in [6, 6.07) is 7.20. The maximum Gasteiger partial charge on any atom is 0.314 e. The highest BCUT2D eigenvalue weighted by Gasteiger charge is 2.14. The summed E-state index contributed by atoms with van der Waals surface area (Å²) in [5.74, 6) is 2.07. The summed E-state index contributed by atoms with van der Waals surface area (Å²) < 4.78 is 15.9. The number of rotatable bonds is 7. The average Bonchev–Trinajstić information content (AvgIpc) is 2.58. The number of hydrogen-bond acceptors (Lipinski definition) is 4. The molecule has 1 fully saturated rings. The third kappa shape index (κ3) is 5.81. The summed E-state index contributed by atoms with van der Waals surface area (Å²) >= 11 is 0. The van der Waals surface area contributed by atoms with Crippen molar-refractivity contribution < 1.29 is 19.0 Å². The molecule has 6 nitrogen and oxygen atoms in total. The summed E-state index contributed by atoms with van der Waals surface area (Å²) in [5, 5.41) is 5.67. The highest BCUT2D eigenvalue weighted by molar-refractivity contribution is 5.73. The van der Waals surface area contributed by atoms with E-state index in [9.17, 15) is 4.79 Å². The number of carbonyl (C=O) groups is 1. The molecule has 1 aromatic carbocycles. The Morgan fingerprint density at radius 1 is 1.18 bits per heavy atom. The minimum Gasteiger partial charge on any atom is -0.497 e. The molecule has 1 aromatic rings. The first-order chi connectivity index (χ1) is 10.8. The first-order valence-electron chi connectivity index (χ1n) is 7.64. The summed E-state index contributed by atoms with van der Waals surface area (Å²) in [5.41, 5.74) is 0. The number of carbonyl (C=O) groups excluding carboxylic acids is 1. The molecule has 2 rings (SSSR count). The zero-order valence-corrected chi connectivity index (χ0v) is 13.0. The predicted molar refractivity (Wildman–Crippen MR) is 83.4 cm³/mol. The molecule has 0 aromatic heterocycles. The number of ether oxygens (including phenoxy) is 3. The first kappa shape index (κ1) is 16.4. The van der Waals surface area contributed by atoms with Crippen LogP contribution in [0.3, 0.4) is 0 Å². The molecule has 2 N–H and O–H groups in total. The van der Waals surface area contributed by atoms with E-state index in [-0.39, 0.29) is 6.03 Å². The van der Waals surface area contributed by atoms with E-state index in [0.717, 1.165) is 37.6 Å². The van der Waals surface area contributed by atoms with Crippen molar-refractivity contribution in [3.05, 3.63) is 24.3 Å². The van der Waals surface area contributed by atoms with E-state index in [0.29, 0.717) is 25.6 Å². The normalized spacial score (nSPS) is 15.1. The average molecular weight is 308 g/mol. The molecule has 122 valence electrons. The number of hydrogen-bond donors (Lipinski definition) is 2. The van der Waals surface area contributed by atoms with Crippen LogP contribution in [0.4, 0.5) is 4.79 Å². The lowest BCUT2D eigenvalue weighted by Crippen LogP contribution is -2.40. The van der Waals surface area contributed by atoms with Crippen molar-refractivity contribution in [2.45, 2.75) is 12.8 Å². The van der Waals surface area contributed by atoms with Crippen LogP contribution in [0.5, 0.6) is 11.5 Å². The number of urea groups is 1. The van der Waals surface area contributed by atoms with Gasteiger partial charge in [0.15, 0.2) is 0 Å². The zero-order chi connectivity index (χ0) is 15.6. The van der Waals surface area contributed by atoms with E-state index in [1.807, 2.05) is 24.3 Å². The smallest absolute Gasteiger partial charge is 0.314 e. The van der Waals surface area contributed by atoms with Gasteiger partial charge in [0.05, 0.1) is 13.7 Å². The number of amides is 2. The second-order valence-electron chi connectivity index (χ2n) is 5.22. The Morgan fingerprint density at radius 3 is 2.55 bits per heavy atom. The Balaban J connectivity index is 1.54. The van der Waals surface area contributed by atoms with Crippen LogP contribution in [-0.4, -0.2) is 46.1 Å². The van der Waals surface area contributed by atoms with E-state index in [4.69, 9.17) is 14.2 Å². The molecular weight excluding hydrogens is 284 g/mol. The van der Waals surface area contributed by atoms with E-state index >= 15 is 0 Å². The van der Waals surface area contributed by atoms with Gasteiger partial charge >= 0.3 is 6.03 Å². The molecule has 0 unspecified atom stereocenters. The topological polar surface area (TPSA) is 68.8 Å². The third-order valence-corrected chi connectivity index (χ3v) is 3.61. The van der Waals surface area contributed by atoms with Gasteiger partial charge in [-0.1, -0.05) is 0 Å². The van der Waals surface area contributed by atoms with Gasteiger partial charge in [0, 0.05) is 19.8 Å². The van der Waals surface area contributed by atoms with E-state index in [1.165, 1.54) is 0 Å². The summed E-state index contributed by atoms with van der Waals surface area (Å²) in [7, 11) is 1.62. The molecule has 0 spiro atoms. The predicted octanol–water partition coefficient (Wildman–Crippen LogP) is 1.80. The van der Waals surface area contributed by atoms with Gasteiger partial charge in [-0.25, -0.2) is 4.79 Å². The second-order valence-corrected chi connectivity index (χ2v) is 5.22. The Morgan fingerprint density at radius 2 is 1.86 bits per heavy atom. The van der Waals surface area contributed by atoms with Gasteiger partial charge in [-0.3, -0.25) is 0 Å². The molecule has 0 aliphatic carbocycles. The minimum atomic E-state index is -0.148. The van der Waals surface area contributed by atoms with E-state index in [1.54, 1.807) is 7.11 Å². The van der Waals surface area contributed by atoms with Crippen molar-refractivity contribution in [2.75, 3.05) is 40.0 Å². The molecule has 22 heavy (non-hydrogen) atoms. The van der Waals surface area contributed by atoms with E-state index < -0.39 is 0 Å². The van der Waals surface area contributed by atoms with Crippen molar-refractivity contribution in [1.29, 1.82) is 0 Å². The molecule has 1 saturated heterocycles. The fourth-order valence-electron chi connectivity index (χ4n) is 2.26. The zero-order valence-electron chi connectivity index (χ0n) is 13.0. The third-order valence-electron chi connectivity index (χ3n) is 3.61. The van der Waals surface area contributed by atoms with Crippen molar-refractivity contribution in [1.82, 2.24) is 10.6 Å². The fraction of sp³-hybridized carbons (Fsp3) is 0.562. The SMILES string of the molecule is COc1ccc(OCCNC(=O)NCC2CCOCC2)cc1. The van der Waals surface area contributed by atoms with Crippen molar-refractivity contribution in [3.8, 4) is 11.5 Å². The molecule has 1 heterocycles. The van der Waals surface area contributed by atoms with Crippen LogP contribution in [0.2, 0.25) is 0 Å². The van der Waals surface area contributed by atoms with E-state index in [2.05, 4.69) is 10.6 Å². The molecule has 0 bridgehead atoms. The van der Waals surface area contributed by atoms with Gasteiger partial charge in [-0.05, 0) is 43.0 Å². The maximum atomic E-state index is 11.7. The van der Waals surface area contributed by atoms with Gasteiger partial charge < -0.3 is 24.8 Å². The van der Waals surface area contributed by atoms with Crippen LogP contribution >= 0.6 is 0 Å². The molecular formula is C16H24N2O4. The number of nitrogens with one attached hydrogen (secondary N) is 2. The molecule has 2 amide bonds. The molecule has 6 heteroatoms. The first-order valence-corrected chi connectivity index (χ1v) is 7.64. The maximum absolute atomic E-state index is 11.7. The Hall–Kier alpha value is -1.95. The Kier molecular flexibility index (Phi) is 6.83. The van der Waals surface area contributed by atoms with Gasteiger partial charge in [-0.15, -0.1) is 0 Å². The van der Waals surface area contributed by atoms with Crippen LogP contribution in [0.15, 0.2) is 24.3 Å². The lowest BCUT2D eigenvalue weighted by molar-refractivity contribution is 0.0669. The van der Waals surface area contributed by atoms with Gasteiger partial charge in [0.1, 0.15) is 18.1 Å². The van der Waals surface area contributed by atoms with Crippen LogP contribution in [0.1, 0.15) is 12.8 Å². The standard InChI is InChI=1S/C16H24N2O4/c1-20-14-2-4-15(5-3-14)22-11-8-17-16(19)18-12-13-6-9-21-10-7-13/h2-5,13H,6-12H2,1H3,(H2,17,18,19). The molecule has 0 saturated carbocycles. The minimum absolute atomic E-state index is 0.148. The van der Waals surface area contributed by atoms with Gasteiger partial charge in [0.2, 0.25) is 0 Å². The molecule has 0 radical (unpaired) electrons. The quantitative estimate of drug-likeness (QED) is 0.754. The molecule has 1 aliphatic rings. The van der Waals surface area contributed by atoms with Crippen LogP contribution in [0, 0.1) is 5.92 Å². The fourth-order valence-corrected chi connectivity index (χ4v) is 2.26. The summed E-state index contributed by atoms with van der Waals surface area (Å²) in [4.78, 5) is 11.7. The largest absolute Gasteiger partial charge is 0.497 e. The number of benzene rings is 1. The summed E-state index contributed by atoms with van der Waals surface area (Å²) in [6.07, 6.45) is 2.03. The Labute approximate surface area is 131 Å². The lowest BCUT2D eigenvalue weighted by atomic mass is 10.0. The Bertz CT molecular complexity index is 444. The van der Waals surface area contributed by atoms with Crippen molar-refractivity contribution in [3.63, 3.8) is 0 Å². The highest BCUT2D eigenvalue weighted by Crippen LogP contribution is 2.16. The van der Waals surface area contributed by atoms with Crippen LogP contribution in [0.25, 0.3) is 0 Å². The summed E-state index contributed by atoms with van der Waals surface area (Å²) in [6.45, 7) is 3.19. The van der Waals surface area contributed by atoms with Crippen LogP contribution < -0.4 is 20.1 Å². The van der Waals surface area contributed by atoms with Crippen LogP contribution in [-0.2, 0) is 4.74 Å².